The lowest BCUT2D eigenvalue weighted by molar-refractivity contribution is -0.393. The van der Waals surface area contributed by atoms with Crippen LogP contribution in [-0.2, 0) is 0 Å². The van der Waals surface area contributed by atoms with E-state index in [-0.39, 0.29) is 34.1 Å². The lowest BCUT2D eigenvalue weighted by atomic mass is 10.00. The lowest BCUT2D eigenvalue weighted by Crippen LogP contribution is -2.09. The number of aromatic hydroxyl groups is 1. The summed E-state index contributed by atoms with van der Waals surface area (Å²) in [5.74, 6) is -0.133. The molecule has 5 aromatic rings. The van der Waals surface area contributed by atoms with Gasteiger partial charge in [0.05, 0.1) is 26.5 Å². The fraction of sp³-hybridized carbons (Fsp3) is 0.0741. The number of rotatable bonds is 8. The largest absolute Gasteiger partial charge is 0.507 e. The summed E-state index contributed by atoms with van der Waals surface area (Å²) < 4.78 is 1.37. The highest BCUT2D eigenvalue weighted by atomic mass is 16.6. The molecule has 15 heteroatoms. The monoisotopic (exact) mass is 568 g/mol. The summed E-state index contributed by atoms with van der Waals surface area (Å²) >= 11 is 0. The van der Waals surface area contributed by atoms with Gasteiger partial charge in [-0.05, 0) is 44.2 Å². The molecule has 0 radical (unpaired) electrons. The number of anilines is 1. The lowest BCUT2D eigenvalue weighted by Gasteiger charge is -2.12. The predicted octanol–water partition coefficient (Wildman–Crippen LogP) is 5.33. The Morgan fingerprint density at radius 1 is 0.905 bits per heavy atom. The van der Waals surface area contributed by atoms with Gasteiger partial charge < -0.3 is 5.11 Å². The van der Waals surface area contributed by atoms with E-state index in [9.17, 15) is 35.4 Å². The van der Waals surface area contributed by atoms with Crippen molar-refractivity contribution in [1.29, 1.82) is 0 Å². The number of benzene rings is 3. The number of hydrazone groups is 1. The number of aromatic nitrogens is 3. The second-order valence-corrected chi connectivity index (χ2v) is 9.15. The molecule has 0 saturated carbocycles. The zero-order valence-electron chi connectivity index (χ0n) is 22.0. The van der Waals surface area contributed by atoms with E-state index >= 15 is 0 Å². The summed E-state index contributed by atoms with van der Waals surface area (Å²) in [6.45, 7) is 3.51. The van der Waals surface area contributed by atoms with E-state index in [1.54, 1.807) is 50.2 Å². The van der Waals surface area contributed by atoms with Crippen LogP contribution in [-0.4, -0.2) is 40.4 Å². The standard InChI is InChI=1S/C27H20N8O7/c1-15-7-10-25(36)20(11-15)26(30-29-21-9-8-18(33(37)38)13-24(21)35(41)42)17-12-19-16(2)31-32(27(19)28-14-17)22-5-3-4-6-23(22)34(39)40/h3-14,29,36H,1-2H3/b30-26-. The van der Waals surface area contributed by atoms with Crippen molar-refractivity contribution >= 4 is 39.5 Å². The molecule has 0 aliphatic rings. The summed E-state index contributed by atoms with van der Waals surface area (Å²) in [7, 11) is 0. The fourth-order valence-electron chi connectivity index (χ4n) is 4.35. The maximum Gasteiger partial charge on any atom is 0.301 e. The molecule has 0 aliphatic heterocycles. The Balaban J connectivity index is 1.67. The van der Waals surface area contributed by atoms with Crippen LogP contribution in [0, 0.1) is 44.2 Å². The Kier molecular flexibility index (Phi) is 6.98. The average Bonchev–Trinajstić information content (AvgIpc) is 3.30. The SMILES string of the molecule is Cc1ccc(O)c(/C(=N\Nc2ccc([N+](=O)[O-])cc2[N+](=O)[O-])c2cnc3c(c2)c(C)nn3-c2ccccc2[N+](=O)[O-])c1. The average molecular weight is 569 g/mol. The van der Waals surface area contributed by atoms with Gasteiger partial charge in [-0.1, -0.05) is 23.8 Å². The van der Waals surface area contributed by atoms with Gasteiger partial charge in [-0.3, -0.25) is 35.8 Å². The van der Waals surface area contributed by atoms with Crippen molar-refractivity contribution in [3.63, 3.8) is 0 Å². The smallest absolute Gasteiger partial charge is 0.301 e. The zero-order chi connectivity index (χ0) is 30.1. The Labute approximate surface area is 235 Å². The number of para-hydroxylation sites is 2. The van der Waals surface area contributed by atoms with E-state index in [1.165, 1.54) is 23.0 Å². The molecule has 210 valence electrons. The van der Waals surface area contributed by atoms with Crippen molar-refractivity contribution in [2.24, 2.45) is 5.10 Å². The highest BCUT2D eigenvalue weighted by molar-refractivity contribution is 6.15. The highest BCUT2D eigenvalue weighted by Crippen LogP contribution is 2.31. The van der Waals surface area contributed by atoms with Crippen LogP contribution in [0.3, 0.4) is 0 Å². The van der Waals surface area contributed by atoms with Crippen molar-refractivity contribution in [3.05, 3.63) is 126 Å². The number of nitrogens with one attached hydrogen (secondary N) is 1. The van der Waals surface area contributed by atoms with Crippen molar-refractivity contribution < 1.29 is 19.9 Å². The first-order valence-corrected chi connectivity index (χ1v) is 12.2. The van der Waals surface area contributed by atoms with Gasteiger partial charge in [0.15, 0.2) is 5.65 Å². The van der Waals surface area contributed by atoms with Crippen molar-refractivity contribution in [2.75, 3.05) is 5.43 Å². The number of hydrogen-bond donors (Lipinski definition) is 2. The number of fused-ring (bicyclic) bond motifs is 1. The van der Waals surface area contributed by atoms with Gasteiger partial charge in [-0.2, -0.15) is 10.2 Å². The molecule has 0 spiro atoms. The zero-order valence-corrected chi connectivity index (χ0v) is 22.0. The van der Waals surface area contributed by atoms with Crippen LogP contribution >= 0.6 is 0 Å². The maximum atomic E-state index is 11.6. The van der Waals surface area contributed by atoms with Crippen LogP contribution < -0.4 is 5.43 Å². The first kappa shape index (κ1) is 27.3. The molecule has 0 atom stereocenters. The molecule has 15 nitrogen and oxygen atoms in total. The fourth-order valence-corrected chi connectivity index (χ4v) is 4.35. The van der Waals surface area contributed by atoms with Crippen LogP contribution in [0.5, 0.6) is 5.75 Å². The second kappa shape index (κ2) is 10.7. The van der Waals surface area contributed by atoms with Gasteiger partial charge in [0.25, 0.3) is 11.4 Å². The van der Waals surface area contributed by atoms with Gasteiger partial charge in [-0.15, -0.1) is 0 Å². The number of nitro groups is 3. The van der Waals surface area contributed by atoms with Gasteiger partial charge in [0.1, 0.15) is 22.8 Å². The van der Waals surface area contributed by atoms with Crippen molar-refractivity contribution in [1.82, 2.24) is 14.8 Å². The Morgan fingerprint density at radius 2 is 1.64 bits per heavy atom. The Bertz CT molecular complexity index is 1950. The third kappa shape index (κ3) is 5.04. The molecule has 5 rings (SSSR count). The number of nitrogens with zero attached hydrogens (tertiary/aromatic N) is 7. The van der Waals surface area contributed by atoms with Gasteiger partial charge >= 0.3 is 5.69 Å². The normalized spacial score (nSPS) is 11.4. The molecule has 3 aromatic carbocycles. The molecule has 42 heavy (non-hydrogen) atoms. The summed E-state index contributed by atoms with van der Waals surface area (Å²) in [5, 5.41) is 54.5. The molecule has 0 unspecified atom stereocenters. The quantitative estimate of drug-likeness (QED) is 0.140. The van der Waals surface area contributed by atoms with E-state index in [0.29, 0.717) is 22.3 Å². The number of aryl methyl sites for hydroxylation is 2. The number of phenols is 1. The number of hydrogen-bond acceptors (Lipinski definition) is 11. The van der Waals surface area contributed by atoms with Crippen LogP contribution in [0.4, 0.5) is 22.7 Å². The van der Waals surface area contributed by atoms with Gasteiger partial charge in [0, 0.05) is 34.8 Å². The maximum absolute atomic E-state index is 11.6. The van der Waals surface area contributed by atoms with E-state index in [2.05, 4.69) is 20.6 Å². The molecular weight excluding hydrogens is 548 g/mol. The molecule has 2 aromatic heterocycles. The summed E-state index contributed by atoms with van der Waals surface area (Å²) in [6.07, 6.45) is 1.43. The molecule has 0 fully saturated rings. The molecule has 0 aliphatic carbocycles. The van der Waals surface area contributed by atoms with E-state index in [0.717, 1.165) is 23.8 Å². The number of non-ortho nitro benzene ring substituents is 1. The first-order valence-electron chi connectivity index (χ1n) is 12.2. The number of phenolic OH excluding ortho intramolecular Hbond substituents is 1. The number of nitro benzene ring substituents is 3. The third-order valence-electron chi connectivity index (χ3n) is 6.37. The van der Waals surface area contributed by atoms with Crippen molar-refractivity contribution in [3.8, 4) is 11.4 Å². The van der Waals surface area contributed by atoms with E-state index in [4.69, 9.17) is 0 Å². The number of pyridine rings is 1. The minimum absolute atomic E-state index is 0.121. The van der Waals surface area contributed by atoms with Gasteiger partial charge in [0.2, 0.25) is 0 Å². The summed E-state index contributed by atoms with van der Waals surface area (Å²) in [5.41, 5.74) is 3.93. The molecular formula is C27H20N8O7. The molecule has 0 bridgehead atoms. The van der Waals surface area contributed by atoms with Crippen LogP contribution in [0.1, 0.15) is 22.4 Å². The Morgan fingerprint density at radius 3 is 2.36 bits per heavy atom. The van der Waals surface area contributed by atoms with E-state index in [1.807, 2.05) is 0 Å². The van der Waals surface area contributed by atoms with Crippen LogP contribution in [0.25, 0.3) is 16.7 Å². The summed E-state index contributed by atoms with van der Waals surface area (Å²) in [6, 6.07) is 15.7. The van der Waals surface area contributed by atoms with Crippen molar-refractivity contribution in [2.45, 2.75) is 13.8 Å². The van der Waals surface area contributed by atoms with Gasteiger partial charge in [-0.25, -0.2) is 9.67 Å². The Hall–Kier alpha value is -6.25. The third-order valence-corrected chi connectivity index (χ3v) is 6.37. The molecule has 2 N–H and O–H groups in total. The minimum atomic E-state index is -0.775. The molecule has 2 heterocycles. The van der Waals surface area contributed by atoms with Crippen LogP contribution in [0.15, 0.2) is 78.0 Å². The predicted molar refractivity (Wildman–Crippen MR) is 152 cm³/mol. The van der Waals surface area contributed by atoms with Crippen LogP contribution in [0.2, 0.25) is 0 Å². The second-order valence-electron chi connectivity index (χ2n) is 9.15. The van der Waals surface area contributed by atoms with E-state index < -0.39 is 26.1 Å². The highest BCUT2D eigenvalue weighted by Gasteiger charge is 2.23. The molecule has 0 amide bonds. The minimum Gasteiger partial charge on any atom is -0.507 e. The topological polar surface area (TPSA) is 205 Å². The molecule has 0 saturated heterocycles. The summed E-state index contributed by atoms with van der Waals surface area (Å²) in [4.78, 5) is 36.9. The first-order chi connectivity index (χ1) is 20.0.